The van der Waals surface area contributed by atoms with Crippen molar-refractivity contribution in [3.63, 3.8) is 0 Å². The third-order valence-electron chi connectivity index (χ3n) is 2.84. The van der Waals surface area contributed by atoms with Crippen molar-refractivity contribution in [2.45, 2.75) is 19.8 Å². The van der Waals surface area contributed by atoms with Crippen molar-refractivity contribution < 1.29 is 13.6 Å². The third kappa shape index (κ3) is 2.27. The lowest BCUT2D eigenvalue weighted by Gasteiger charge is -2.39. The number of hydrogen-bond acceptors (Lipinski definition) is 1. The summed E-state index contributed by atoms with van der Waals surface area (Å²) in [6.45, 7) is 2.52. The van der Waals surface area contributed by atoms with Gasteiger partial charge in [-0.3, -0.25) is 4.79 Å². The number of likely N-dealkylation sites (tertiary alicyclic amines) is 1. The molecule has 0 atom stereocenters. The van der Waals surface area contributed by atoms with Gasteiger partial charge in [0.15, 0.2) is 0 Å². The van der Waals surface area contributed by atoms with Crippen LogP contribution in [-0.4, -0.2) is 29.8 Å². The Balaban J connectivity index is 2.27. The molecule has 0 bridgehead atoms. The maximum absolute atomic E-state index is 12.7. The van der Waals surface area contributed by atoms with Crippen molar-refractivity contribution >= 4 is 17.5 Å². The molecule has 1 fully saturated rings. The molecule has 92 valence electrons. The van der Waals surface area contributed by atoms with Crippen molar-refractivity contribution in [1.82, 2.24) is 4.90 Å². The molecule has 2 rings (SSSR count). The van der Waals surface area contributed by atoms with Crippen LogP contribution in [0.3, 0.4) is 0 Å². The van der Waals surface area contributed by atoms with Crippen LogP contribution in [-0.2, 0) is 0 Å². The van der Waals surface area contributed by atoms with Crippen LogP contribution in [0.15, 0.2) is 12.1 Å². The van der Waals surface area contributed by atoms with E-state index in [1.54, 1.807) is 26.0 Å². The summed E-state index contributed by atoms with van der Waals surface area (Å²) in [7, 11) is 0. The minimum absolute atomic E-state index is 0.345. The summed E-state index contributed by atoms with van der Waals surface area (Å²) in [5.74, 6) is -3.08. The van der Waals surface area contributed by atoms with Crippen LogP contribution < -0.4 is 0 Å². The lowest BCUT2D eigenvalue weighted by molar-refractivity contribution is -0.113. The third-order valence-corrected chi connectivity index (χ3v) is 3.06. The van der Waals surface area contributed by atoms with E-state index in [0.717, 1.165) is 16.0 Å². The summed E-state index contributed by atoms with van der Waals surface area (Å²) in [4.78, 5) is 13.2. The van der Waals surface area contributed by atoms with Gasteiger partial charge in [0, 0.05) is 10.6 Å². The summed E-state index contributed by atoms with van der Waals surface area (Å²) in [5.41, 5.74) is 1.91. The Kier molecular flexibility index (Phi) is 2.86. The van der Waals surface area contributed by atoms with Gasteiger partial charge in [0.1, 0.15) is 0 Å². The predicted molar refractivity (Wildman–Crippen MR) is 61.8 cm³/mol. The van der Waals surface area contributed by atoms with Crippen molar-refractivity contribution in [3.05, 3.63) is 33.8 Å². The Bertz CT molecular complexity index is 456. The fraction of sp³-hybridized carbons (Fsp3) is 0.417. The van der Waals surface area contributed by atoms with Gasteiger partial charge in [-0.2, -0.15) is 0 Å². The largest absolute Gasteiger partial charge is 0.326 e. The van der Waals surface area contributed by atoms with E-state index in [2.05, 4.69) is 0 Å². The number of nitrogens with zero attached hydrogens (tertiary/aromatic N) is 1. The van der Waals surface area contributed by atoms with Crippen LogP contribution in [0.25, 0.3) is 0 Å². The SMILES string of the molecule is Cc1cc(Cl)cc(C)c1C(=O)N1CC(F)(F)C1. The molecule has 1 aliphatic rings. The second-order valence-electron chi connectivity index (χ2n) is 4.43. The molecule has 2 nitrogen and oxygen atoms in total. The average molecular weight is 260 g/mol. The van der Waals surface area contributed by atoms with E-state index >= 15 is 0 Å². The standard InChI is InChI=1S/C12H12ClF2NO/c1-7-3-9(13)4-8(2)10(7)11(17)16-5-12(14,15)6-16/h3-4H,5-6H2,1-2H3. The highest BCUT2D eigenvalue weighted by atomic mass is 35.5. The van der Waals surface area contributed by atoms with Crippen molar-refractivity contribution in [2.24, 2.45) is 0 Å². The summed E-state index contributed by atoms with van der Waals surface area (Å²) in [5, 5.41) is 0.547. The zero-order valence-corrected chi connectivity index (χ0v) is 10.3. The average Bonchev–Trinajstić information content (AvgIpc) is 2.11. The van der Waals surface area contributed by atoms with Gasteiger partial charge >= 0.3 is 0 Å². The maximum Gasteiger partial charge on any atom is 0.282 e. The summed E-state index contributed by atoms with van der Waals surface area (Å²) < 4.78 is 25.4. The molecular weight excluding hydrogens is 248 g/mol. The molecule has 1 amide bonds. The first-order valence-corrected chi connectivity index (χ1v) is 5.62. The maximum atomic E-state index is 12.7. The summed E-state index contributed by atoms with van der Waals surface area (Å²) in [6, 6.07) is 3.33. The highest BCUT2D eigenvalue weighted by molar-refractivity contribution is 6.30. The Morgan fingerprint density at radius 1 is 1.29 bits per heavy atom. The van der Waals surface area contributed by atoms with Crippen LogP contribution in [0.1, 0.15) is 21.5 Å². The molecule has 0 unspecified atom stereocenters. The van der Waals surface area contributed by atoms with Crippen LogP contribution in [0.5, 0.6) is 0 Å². The molecule has 1 aliphatic heterocycles. The number of benzene rings is 1. The minimum Gasteiger partial charge on any atom is -0.326 e. The van der Waals surface area contributed by atoms with Gasteiger partial charge in [-0.25, -0.2) is 8.78 Å². The number of alkyl halides is 2. The highest BCUT2D eigenvalue weighted by Gasteiger charge is 2.46. The molecule has 1 aromatic carbocycles. The summed E-state index contributed by atoms with van der Waals surface area (Å²) >= 11 is 5.85. The van der Waals surface area contributed by atoms with Crippen molar-refractivity contribution in [3.8, 4) is 0 Å². The number of carbonyl (C=O) groups excluding carboxylic acids is 1. The Labute approximate surface area is 103 Å². The van der Waals surface area contributed by atoms with E-state index in [1.165, 1.54) is 0 Å². The summed E-state index contributed by atoms with van der Waals surface area (Å²) in [6.07, 6.45) is 0. The van der Waals surface area contributed by atoms with Gasteiger partial charge in [-0.05, 0) is 37.1 Å². The lowest BCUT2D eigenvalue weighted by Crippen LogP contribution is -2.58. The lowest BCUT2D eigenvalue weighted by atomic mass is 9.99. The number of halogens is 3. The molecule has 1 saturated heterocycles. The number of hydrogen-bond donors (Lipinski definition) is 0. The van der Waals surface area contributed by atoms with Gasteiger partial charge in [0.05, 0.1) is 13.1 Å². The van der Waals surface area contributed by atoms with E-state index in [4.69, 9.17) is 11.6 Å². The fourth-order valence-electron chi connectivity index (χ4n) is 2.06. The Morgan fingerprint density at radius 2 is 1.76 bits per heavy atom. The zero-order chi connectivity index (χ0) is 12.8. The van der Waals surface area contributed by atoms with Gasteiger partial charge in [-0.1, -0.05) is 11.6 Å². The number of amides is 1. The molecule has 0 radical (unpaired) electrons. The van der Waals surface area contributed by atoms with E-state index in [1.807, 2.05) is 0 Å². The van der Waals surface area contributed by atoms with Crippen LogP contribution >= 0.6 is 11.6 Å². The number of aryl methyl sites for hydroxylation is 2. The smallest absolute Gasteiger partial charge is 0.282 e. The first kappa shape index (κ1) is 12.3. The topological polar surface area (TPSA) is 20.3 Å². The number of rotatable bonds is 1. The van der Waals surface area contributed by atoms with Gasteiger partial charge in [-0.15, -0.1) is 0 Å². The second kappa shape index (κ2) is 3.95. The van der Waals surface area contributed by atoms with Crippen molar-refractivity contribution in [2.75, 3.05) is 13.1 Å². The zero-order valence-electron chi connectivity index (χ0n) is 9.56. The quantitative estimate of drug-likeness (QED) is 0.759. The molecule has 0 aromatic heterocycles. The molecular formula is C12H12ClF2NO. The van der Waals surface area contributed by atoms with Gasteiger partial charge < -0.3 is 4.90 Å². The molecule has 1 heterocycles. The van der Waals surface area contributed by atoms with Gasteiger partial charge in [0.2, 0.25) is 0 Å². The molecule has 0 saturated carbocycles. The molecule has 0 spiro atoms. The van der Waals surface area contributed by atoms with Gasteiger partial charge in [0.25, 0.3) is 11.8 Å². The minimum atomic E-state index is -2.73. The molecule has 17 heavy (non-hydrogen) atoms. The Hall–Kier alpha value is -1.16. The molecule has 5 heteroatoms. The van der Waals surface area contributed by atoms with Crippen molar-refractivity contribution in [1.29, 1.82) is 0 Å². The monoisotopic (exact) mass is 259 g/mol. The first-order chi connectivity index (χ1) is 7.80. The van der Waals surface area contributed by atoms with Crippen LogP contribution in [0.4, 0.5) is 8.78 Å². The molecule has 0 aliphatic carbocycles. The van der Waals surface area contributed by atoms with E-state index in [0.29, 0.717) is 10.6 Å². The van der Waals surface area contributed by atoms with Crippen LogP contribution in [0.2, 0.25) is 5.02 Å². The highest BCUT2D eigenvalue weighted by Crippen LogP contribution is 2.30. The normalized spacial score (nSPS) is 17.8. The van der Waals surface area contributed by atoms with E-state index < -0.39 is 19.0 Å². The predicted octanol–water partition coefficient (Wildman–Crippen LogP) is 3.05. The second-order valence-corrected chi connectivity index (χ2v) is 4.87. The Morgan fingerprint density at radius 3 is 2.18 bits per heavy atom. The first-order valence-electron chi connectivity index (χ1n) is 5.24. The molecule has 1 aromatic rings. The van der Waals surface area contributed by atoms with E-state index in [9.17, 15) is 13.6 Å². The van der Waals surface area contributed by atoms with E-state index in [-0.39, 0.29) is 5.91 Å². The van der Waals surface area contributed by atoms with Crippen LogP contribution in [0, 0.1) is 13.8 Å². The molecule has 0 N–H and O–H groups in total. The fourth-order valence-corrected chi connectivity index (χ4v) is 2.39. The number of carbonyl (C=O) groups is 1.